The zero-order valence-corrected chi connectivity index (χ0v) is 11.0. The van der Waals surface area contributed by atoms with E-state index < -0.39 is 6.10 Å². The van der Waals surface area contributed by atoms with Crippen molar-refractivity contribution >= 4 is 0 Å². The van der Waals surface area contributed by atoms with Gasteiger partial charge in [-0.1, -0.05) is 18.6 Å². The second-order valence-corrected chi connectivity index (χ2v) is 5.86. The van der Waals surface area contributed by atoms with Gasteiger partial charge in [0.1, 0.15) is 0 Å². The molecule has 1 aliphatic carbocycles. The van der Waals surface area contributed by atoms with Gasteiger partial charge in [0.15, 0.2) is 0 Å². The molecule has 0 radical (unpaired) electrons. The number of rotatable bonds is 3. The lowest BCUT2D eigenvalue weighted by atomic mass is 9.89. The molecule has 1 saturated carbocycles. The summed E-state index contributed by atoms with van der Waals surface area (Å²) in [6, 6.07) is 9.89. The average molecular weight is 256 g/mol. The number of hydrogen-bond donors (Lipinski definition) is 2. The zero-order valence-electron chi connectivity index (χ0n) is 11.0. The minimum Gasteiger partial charge on any atom is -0.388 e. The lowest BCUT2D eigenvalue weighted by Gasteiger charge is -2.21. The van der Waals surface area contributed by atoms with Crippen LogP contribution in [0.2, 0.25) is 0 Å². The van der Waals surface area contributed by atoms with Gasteiger partial charge in [-0.2, -0.15) is 5.26 Å². The maximum absolute atomic E-state index is 10.4. The van der Waals surface area contributed by atoms with Gasteiger partial charge in [0.05, 0.1) is 17.7 Å². The third-order valence-corrected chi connectivity index (χ3v) is 4.75. The topological polar surface area (TPSA) is 56.0 Å². The highest BCUT2D eigenvalue weighted by atomic mass is 16.3. The Labute approximate surface area is 114 Å². The molecule has 1 aliphatic heterocycles. The third kappa shape index (κ3) is 2.51. The van der Waals surface area contributed by atoms with Crippen molar-refractivity contribution in [3.05, 3.63) is 35.4 Å². The van der Waals surface area contributed by atoms with Crippen molar-refractivity contribution in [2.75, 3.05) is 6.54 Å². The molecule has 1 saturated heterocycles. The first-order valence-electron chi connectivity index (χ1n) is 7.19. The van der Waals surface area contributed by atoms with E-state index in [2.05, 4.69) is 11.4 Å². The predicted molar refractivity (Wildman–Crippen MR) is 73.4 cm³/mol. The van der Waals surface area contributed by atoms with Crippen LogP contribution in [0.1, 0.15) is 42.9 Å². The van der Waals surface area contributed by atoms with E-state index in [0.717, 1.165) is 30.4 Å². The molecule has 2 aliphatic rings. The van der Waals surface area contributed by atoms with Crippen molar-refractivity contribution in [3.63, 3.8) is 0 Å². The molecule has 0 spiro atoms. The van der Waals surface area contributed by atoms with Crippen LogP contribution in [0.15, 0.2) is 24.3 Å². The summed E-state index contributed by atoms with van der Waals surface area (Å²) < 4.78 is 0. The van der Waals surface area contributed by atoms with Crippen molar-refractivity contribution in [3.8, 4) is 6.07 Å². The molecule has 4 atom stereocenters. The van der Waals surface area contributed by atoms with Gasteiger partial charge in [0.25, 0.3) is 0 Å². The molecule has 3 nitrogen and oxygen atoms in total. The standard InChI is InChI=1S/C16H20N2O/c17-9-11-3-1-4-12(7-11)16(19)8-15-14-6-2-5-13(14)10-18-15/h1,3-4,7,13-16,18-19H,2,5-6,8,10H2. The molecule has 4 unspecified atom stereocenters. The maximum atomic E-state index is 10.4. The van der Waals surface area contributed by atoms with Crippen LogP contribution in [0.3, 0.4) is 0 Å². The molecule has 2 N–H and O–H groups in total. The predicted octanol–water partition coefficient (Wildman–Crippen LogP) is 2.37. The Balaban J connectivity index is 1.67. The normalized spacial score (nSPS) is 30.8. The summed E-state index contributed by atoms with van der Waals surface area (Å²) in [7, 11) is 0. The molecule has 0 amide bonds. The summed E-state index contributed by atoms with van der Waals surface area (Å²) in [6.07, 6.45) is 4.27. The summed E-state index contributed by atoms with van der Waals surface area (Å²) in [6.45, 7) is 1.11. The van der Waals surface area contributed by atoms with Crippen LogP contribution in [0.4, 0.5) is 0 Å². The van der Waals surface area contributed by atoms with Gasteiger partial charge in [-0.15, -0.1) is 0 Å². The second-order valence-electron chi connectivity index (χ2n) is 5.86. The second kappa shape index (κ2) is 5.32. The Hall–Kier alpha value is -1.37. The van der Waals surface area contributed by atoms with Gasteiger partial charge in [0, 0.05) is 6.04 Å². The average Bonchev–Trinajstić information content (AvgIpc) is 3.04. The van der Waals surface area contributed by atoms with Crippen molar-refractivity contribution in [2.45, 2.75) is 37.8 Å². The number of nitrogens with one attached hydrogen (secondary N) is 1. The van der Waals surface area contributed by atoms with E-state index in [1.807, 2.05) is 12.1 Å². The minimum atomic E-state index is -0.467. The fourth-order valence-electron chi connectivity index (χ4n) is 3.75. The summed E-state index contributed by atoms with van der Waals surface area (Å²) in [5.41, 5.74) is 1.48. The van der Waals surface area contributed by atoms with Gasteiger partial charge < -0.3 is 10.4 Å². The fraction of sp³-hybridized carbons (Fsp3) is 0.562. The lowest BCUT2D eigenvalue weighted by molar-refractivity contribution is 0.145. The van der Waals surface area contributed by atoms with Crippen molar-refractivity contribution < 1.29 is 5.11 Å². The van der Waals surface area contributed by atoms with Crippen LogP contribution in [0.25, 0.3) is 0 Å². The molecule has 2 fully saturated rings. The van der Waals surface area contributed by atoms with Crippen LogP contribution in [-0.2, 0) is 0 Å². The van der Waals surface area contributed by atoms with Gasteiger partial charge in [-0.3, -0.25) is 0 Å². The van der Waals surface area contributed by atoms with E-state index >= 15 is 0 Å². The maximum Gasteiger partial charge on any atom is 0.0991 e. The van der Waals surface area contributed by atoms with Crippen molar-refractivity contribution in [2.24, 2.45) is 11.8 Å². The van der Waals surface area contributed by atoms with E-state index in [-0.39, 0.29) is 0 Å². The van der Waals surface area contributed by atoms with Crippen LogP contribution < -0.4 is 5.32 Å². The van der Waals surface area contributed by atoms with E-state index in [1.54, 1.807) is 12.1 Å². The molecule has 1 aromatic rings. The Morgan fingerprint density at radius 2 is 2.32 bits per heavy atom. The van der Waals surface area contributed by atoms with E-state index in [4.69, 9.17) is 5.26 Å². The Morgan fingerprint density at radius 1 is 1.42 bits per heavy atom. The summed E-state index contributed by atoms with van der Waals surface area (Å²) in [5.74, 6) is 1.57. The molecule has 3 heteroatoms. The first-order valence-corrected chi connectivity index (χ1v) is 7.19. The lowest BCUT2D eigenvalue weighted by Crippen LogP contribution is -2.28. The smallest absolute Gasteiger partial charge is 0.0991 e. The van der Waals surface area contributed by atoms with Crippen LogP contribution >= 0.6 is 0 Å². The number of nitriles is 1. The fourth-order valence-corrected chi connectivity index (χ4v) is 3.75. The number of fused-ring (bicyclic) bond motifs is 1. The number of aliphatic hydroxyl groups excluding tert-OH is 1. The van der Waals surface area contributed by atoms with E-state index in [9.17, 15) is 5.11 Å². The highest BCUT2D eigenvalue weighted by Gasteiger charge is 2.39. The highest BCUT2D eigenvalue weighted by Crippen LogP contribution is 2.40. The molecule has 1 aromatic carbocycles. The highest BCUT2D eigenvalue weighted by molar-refractivity contribution is 5.33. The van der Waals surface area contributed by atoms with Crippen LogP contribution in [0, 0.1) is 23.2 Å². The third-order valence-electron chi connectivity index (χ3n) is 4.75. The molecule has 3 rings (SSSR count). The first kappa shape index (κ1) is 12.7. The number of hydrogen-bond acceptors (Lipinski definition) is 3. The molecular weight excluding hydrogens is 236 g/mol. The SMILES string of the molecule is N#Cc1cccc(C(O)CC2NCC3CCCC32)c1. The summed E-state index contributed by atoms with van der Waals surface area (Å²) in [4.78, 5) is 0. The molecule has 100 valence electrons. The van der Waals surface area contributed by atoms with Gasteiger partial charge >= 0.3 is 0 Å². The van der Waals surface area contributed by atoms with Crippen LogP contribution in [0.5, 0.6) is 0 Å². The zero-order chi connectivity index (χ0) is 13.2. The summed E-state index contributed by atoms with van der Waals surface area (Å²) in [5, 5.41) is 22.8. The quantitative estimate of drug-likeness (QED) is 0.873. The number of benzene rings is 1. The van der Waals surface area contributed by atoms with Gasteiger partial charge in [0.2, 0.25) is 0 Å². The van der Waals surface area contributed by atoms with E-state index in [1.165, 1.54) is 19.3 Å². The molecule has 0 bridgehead atoms. The monoisotopic (exact) mass is 256 g/mol. The molecule has 1 heterocycles. The van der Waals surface area contributed by atoms with Crippen molar-refractivity contribution in [1.29, 1.82) is 5.26 Å². The first-order chi connectivity index (χ1) is 9.28. The largest absolute Gasteiger partial charge is 0.388 e. The minimum absolute atomic E-state index is 0.438. The van der Waals surface area contributed by atoms with Crippen molar-refractivity contribution in [1.82, 2.24) is 5.32 Å². The molecule has 0 aromatic heterocycles. The molecule has 19 heavy (non-hydrogen) atoms. The van der Waals surface area contributed by atoms with Gasteiger partial charge in [-0.25, -0.2) is 0 Å². The van der Waals surface area contributed by atoms with E-state index in [0.29, 0.717) is 11.6 Å². The Morgan fingerprint density at radius 3 is 3.16 bits per heavy atom. The summed E-state index contributed by atoms with van der Waals surface area (Å²) >= 11 is 0. The number of aliphatic hydroxyl groups is 1. The van der Waals surface area contributed by atoms with Crippen LogP contribution in [-0.4, -0.2) is 17.7 Å². The van der Waals surface area contributed by atoms with Gasteiger partial charge in [-0.05, 0) is 55.3 Å². The number of nitrogens with zero attached hydrogens (tertiary/aromatic N) is 1. The Bertz CT molecular complexity index is 494. The Kier molecular flexibility index (Phi) is 3.54. The molecular formula is C16H20N2O.